The van der Waals surface area contributed by atoms with Crippen LogP contribution in [0.3, 0.4) is 0 Å². The number of rotatable bonds is 10. The molecule has 0 heterocycles. The molecule has 0 fully saturated rings. The Balaban J connectivity index is 1.57. The molecule has 36 heavy (non-hydrogen) atoms. The van der Waals surface area contributed by atoms with E-state index in [1.54, 1.807) is 48.5 Å². The van der Waals surface area contributed by atoms with Crippen molar-refractivity contribution in [3.63, 3.8) is 0 Å². The molecule has 0 aliphatic carbocycles. The first-order valence-corrected chi connectivity index (χ1v) is 10.7. The van der Waals surface area contributed by atoms with Gasteiger partial charge in [0.2, 0.25) is 5.75 Å². The normalized spacial score (nSPS) is 10.1. The Hall–Kier alpha value is -4.73. The lowest BCUT2D eigenvalue weighted by atomic mass is 10.2. The number of benzene rings is 3. The van der Waals surface area contributed by atoms with Crippen LogP contribution in [0.4, 0.5) is 11.4 Å². The minimum Gasteiger partial charge on any atom is -0.495 e. The first-order chi connectivity index (χ1) is 17.4. The molecule has 0 saturated heterocycles. The van der Waals surface area contributed by atoms with Crippen LogP contribution in [0.25, 0.3) is 0 Å². The maximum atomic E-state index is 12.5. The fourth-order valence-corrected chi connectivity index (χ4v) is 3.26. The van der Waals surface area contributed by atoms with Crippen LogP contribution in [0.15, 0.2) is 60.7 Å². The Morgan fingerprint density at radius 2 is 1.31 bits per heavy atom. The smallest absolute Gasteiger partial charge is 0.338 e. The third-order valence-corrected chi connectivity index (χ3v) is 5.02. The number of anilines is 2. The zero-order chi connectivity index (χ0) is 26.1. The molecule has 10 heteroatoms. The molecule has 3 aromatic carbocycles. The highest BCUT2D eigenvalue weighted by atomic mass is 16.5. The van der Waals surface area contributed by atoms with Gasteiger partial charge in [0.25, 0.3) is 11.8 Å². The van der Waals surface area contributed by atoms with E-state index in [2.05, 4.69) is 10.6 Å². The van der Waals surface area contributed by atoms with Crippen molar-refractivity contribution in [2.75, 3.05) is 45.7 Å². The predicted molar refractivity (Wildman–Crippen MR) is 132 cm³/mol. The molecule has 0 bridgehead atoms. The average molecular weight is 495 g/mol. The minimum atomic E-state index is -0.743. The van der Waals surface area contributed by atoms with Crippen molar-refractivity contribution in [1.82, 2.24) is 0 Å². The van der Waals surface area contributed by atoms with Crippen LogP contribution in [-0.4, -0.2) is 52.8 Å². The highest BCUT2D eigenvalue weighted by Crippen LogP contribution is 2.38. The van der Waals surface area contributed by atoms with Gasteiger partial charge in [0.15, 0.2) is 18.1 Å². The summed E-state index contributed by atoms with van der Waals surface area (Å²) in [6.07, 6.45) is 0. The van der Waals surface area contributed by atoms with E-state index in [4.69, 9.17) is 23.7 Å². The average Bonchev–Trinajstić information content (AvgIpc) is 2.91. The molecule has 10 nitrogen and oxygen atoms in total. The van der Waals surface area contributed by atoms with E-state index in [9.17, 15) is 14.4 Å². The van der Waals surface area contributed by atoms with Gasteiger partial charge in [-0.3, -0.25) is 9.59 Å². The SMILES string of the molecule is COc1ccccc1NC(=O)c1ccc(NC(=O)COC(=O)c2cc(OC)c(OC)c(OC)c2)cc1. The van der Waals surface area contributed by atoms with Crippen molar-refractivity contribution >= 4 is 29.2 Å². The summed E-state index contributed by atoms with van der Waals surface area (Å²) in [5, 5.41) is 5.38. The maximum absolute atomic E-state index is 12.5. The molecule has 0 aromatic heterocycles. The number of hydrogen-bond acceptors (Lipinski definition) is 8. The van der Waals surface area contributed by atoms with Crippen LogP contribution in [0, 0.1) is 0 Å². The molecule has 0 saturated carbocycles. The lowest BCUT2D eigenvalue weighted by Gasteiger charge is -2.13. The van der Waals surface area contributed by atoms with Crippen molar-refractivity contribution in [1.29, 1.82) is 0 Å². The summed E-state index contributed by atoms with van der Waals surface area (Å²) < 4.78 is 26.0. The molecule has 2 amide bonds. The molecule has 0 radical (unpaired) electrons. The van der Waals surface area contributed by atoms with Crippen molar-refractivity contribution in [3.8, 4) is 23.0 Å². The first kappa shape index (κ1) is 25.9. The fourth-order valence-electron chi connectivity index (χ4n) is 3.26. The molecule has 188 valence electrons. The van der Waals surface area contributed by atoms with Crippen LogP contribution in [0.1, 0.15) is 20.7 Å². The molecule has 0 atom stereocenters. The third kappa shape index (κ3) is 6.23. The molecular formula is C26H26N2O8. The third-order valence-electron chi connectivity index (χ3n) is 5.02. The Bertz CT molecular complexity index is 1220. The van der Waals surface area contributed by atoms with Gasteiger partial charge < -0.3 is 34.3 Å². The standard InChI is InChI=1S/C26H26N2O8/c1-32-20-8-6-5-7-19(20)28-25(30)16-9-11-18(12-10-16)27-23(29)15-36-26(31)17-13-21(33-2)24(35-4)22(14-17)34-3/h5-14H,15H2,1-4H3,(H,27,29)(H,28,30). The number of hydrogen-bond donors (Lipinski definition) is 2. The minimum absolute atomic E-state index is 0.128. The van der Waals surface area contributed by atoms with Crippen LogP contribution in [-0.2, 0) is 9.53 Å². The summed E-state index contributed by atoms with van der Waals surface area (Å²) in [5.41, 5.74) is 1.48. The summed E-state index contributed by atoms with van der Waals surface area (Å²) in [5.74, 6) is -0.206. The number of carbonyl (C=O) groups is 3. The van der Waals surface area contributed by atoms with Crippen molar-refractivity contribution < 1.29 is 38.1 Å². The monoisotopic (exact) mass is 494 g/mol. The van der Waals surface area contributed by atoms with E-state index in [0.29, 0.717) is 28.4 Å². The number of ether oxygens (including phenoxy) is 5. The fraction of sp³-hybridized carbons (Fsp3) is 0.192. The number of esters is 1. The van der Waals surface area contributed by atoms with Crippen molar-refractivity contribution in [3.05, 3.63) is 71.8 Å². The summed E-state index contributed by atoms with van der Waals surface area (Å²) in [6, 6.07) is 16.1. The van der Waals surface area contributed by atoms with Crippen LogP contribution < -0.4 is 29.6 Å². The lowest BCUT2D eigenvalue weighted by molar-refractivity contribution is -0.119. The van der Waals surface area contributed by atoms with Gasteiger partial charge in [-0.2, -0.15) is 0 Å². The molecule has 3 aromatic rings. The Morgan fingerprint density at radius 3 is 1.89 bits per heavy atom. The molecular weight excluding hydrogens is 468 g/mol. The lowest BCUT2D eigenvalue weighted by Crippen LogP contribution is -2.21. The van der Waals surface area contributed by atoms with E-state index >= 15 is 0 Å². The molecule has 0 aliphatic heterocycles. The van der Waals surface area contributed by atoms with Gasteiger partial charge >= 0.3 is 5.97 Å². The number of amides is 2. The van der Waals surface area contributed by atoms with Gasteiger partial charge in [-0.15, -0.1) is 0 Å². The molecule has 0 aliphatic rings. The second-order valence-corrected chi connectivity index (χ2v) is 7.27. The number of methoxy groups -OCH3 is 4. The maximum Gasteiger partial charge on any atom is 0.338 e. The Kier molecular flexibility index (Phi) is 8.71. The second-order valence-electron chi connectivity index (χ2n) is 7.27. The van der Waals surface area contributed by atoms with Crippen molar-refractivity contribution in [2.24, 2.45) is 0 Å². The second kappa shape index (κ2) is 12.1. The van der Waals surface area contributed by atoms with Crippen molar-refractivity contribution in [2.45, 2.75) is 0 Å². The van der Waals surface area contributed by atoms with Crippen LogP contribution in [0.2, 0.25) is 0 Å². The number of carbonyl (C=O) groups excluding carboxylic acids is 3. The van der Waals surface area contributed by atoms with Gasteiger partial charge in [-0.25, -0.2) is 4.79 Å². The zero-order valence-electron chi connectivity index (χ0n) is 20.2. The van der Waals surface area contributed by atoms with E-state index in [1.807, 2.05) is 0 Å². The van der Waals surface area contributed by atoms with Gasteiger partial charge in [0, 0.05) is 11.3 Å². The van der Waals surface area contributed by atoms with Gasteiger partial charge in [0.05, 0.1) is 39.7 Å². The summed E-state index contributed by atoms with van der Waals surface area (Å²) >= 11 is 0. The Labute approximate surface area is 208 Å². The highest BCUT2D eigenvalue weighted by molar-refractivity contribution is 6.05. The van der Waals surface area contributed by atoms with Gasteiger partial charge in [-0.1, -0.05) is 12.1 Å². The quantitative estimate of drug-likeness (QED) is 0.409. The molecule has 3 rings (SSSR count). The molecule has 0 unspecified atom stereocenters. The van der Waals surface area contributed by atoms with Crippen LogP contribution >= 0.6 is 0 Å². The van der Waals surface area contributed by atoms with E-state index < -0.39 is 18.5 Å². The van der Waals surface area contributed by atoms with Gasteiger partial charge in [-0.05, 0) is 48.5 Å². The summed E-state index contributed by atoms with van der Waals surface area (Å²) in [7, 11) is 5.81. The summed E-state index contributed by atoms with van der Waals surface area (Å²) in [6.45, 7) is -0.522. The van der Waals surface area contributed by atoms with E-state index in [1.165, 1.54) is 40.6 Å². The summed E-state index contributed by atoms with van der Waals surface area (Å²) in [4.78, 5) is 37.2. The number of para-hydroxylation sites is 2. The van der Waals surface area contributed by atoms with E-state index in [-0.39, 0.29) is 23.0 Å². The van der Waals surface area contributed by atoms with Gasteiger partial charge in [0.1, 0.15) is 5.75 Å². The topological polar surface area (TPSA) is 121 Å². The number of nitrogens with one attached hydrogen (secondary N) is 2. The van der Waals surface area contributed by atoms with E-state index in [0.717, 1.165) is 0 Å². The predicted octanol–water partition coefficient (Wildman–Crippen LogP) is 3.77. The zero-order valence-corrected chi connectivity index (χ0v) is 20.2. The largest absolute Gasteiger partial charge is 0.495 e. The first-order valence-electron chi connectivity index (χ1n) is 10.7. The Morgan fingerprint density at radius 1 is 0.694 bits per heavy atom. The van der Waals surface area contributed by atoms with Crippen LogP contribution in [0.5, 0.6) is 23.0 Å². The molecule has 2 N–H and O–H groups in total. The highest BCUT2D eigenvalue weighted by Gasteiger charge is 2.19. The molecule has 0 spiro atoms.